The van der Waals surface area contributed by atoms with Gasteiger partial charge in [-0.3, -0.25) is 4.90 Å². The van der Waals surface area contributed by atoms with Crippen LogP contribution in [0, 0.1) is 11.3 Å². The first kappa shape index (κ1) is 24.7. The Bertz CT molecular complexity index is 1070. The first-order valence-electron chi connectivity index (χ1n) is 12.1. The van der Waals surface area contributed by atoms with Gasteiger partial charge in [-0.1, -0.05) is 88.7 Å². The number of hydrogen-bond acceptors (Lipinski definition) is 3. The lowest BCUT2D eigenvalue weighted by Crippen LogP contribution is -2.44. The summed E-state index contributed by atoms with van der Waals surface area (Å²) in [7, 11) is 0. The fourth-order valence-electron chi connectivity index (χ4n) is 4.99. The number of ether oxygens (including phenoxy) is 1. The minimum atomic E-state index is -0.657. The van der Waals surface area contributed by atoms with Crippen molar-refractivity contribution >= 4 is 15.9 Å². The molecule has 1 aliphatic heterocycles. The SMILES string of the molecule is CC(C)(CCC(C#N)(c1ccccc1)c1ccccc1)N1CCC(OCc2cccc(Br)c2)C1. The van der Waals surface area contributed by atoms with Crippen LogP contribution in [0.3, 0.4) is 0 Å². The number of rotatable bonds is 9. The molecule has 3 nitrogen and oxygen atoms in total. The zero-order chi connectivity index (χ0) is 24.0. The molecular formula is C30H33BrN2O. The van der Waals surface area contributed by atoms with E-state index in [1.165, 1.54) is 5.56 Å². The molecule has 0 saturated carbocycles. The highest BCUT2D eigenvalue weighted by Crippen LogP contribution is 2.39. The van der Waals surface area contributed by atoms with Gasteiger partial charge in [0.05, 0.1) is 18.8 Å². The molecular weight excluding hydrogens is 484 g/mol. The molecule has 1 atom stereocenters. The van der Waals surface area contributed by atoms with E-state index in [-0.39, 0.29) is 11.6 Å². The first-order valence-corrected chi connectivity index (χ1v) is 12.9. The van der Waals surface area contributed by atoms with E-state index in [1.807, 2.05) is 48.5 Å². The van der Waals surface area contributed by atoms with Crippen molar-refractivity contribution in [1.29, 1.82) is 5.26 Å². The van der Waals surface area contributed by atoms with Gasteiger partial charge < -0.3 is 4.74 Å². The molecule has 1 saturated heterocycles. The van der Waals surface area contributed by atoms with Gasteiger partial charge in [0.15, 0.2) is 0 Å². The Morgan fingerprint density at radius 2 is 1.59 bits per heavy atom. The van der Waals surface area contributed by atoms with Crippen LogP contribution in [0.1, 0.15) is 49.8 Å². The van der Waals surface area contributed by atoms with Crippen molar-refractivity contribution in [2.24, 2.45) is 0 Å². The summed E-state index contributed by atoms with van der Waals surface area (Å²) < 4.78 is 7.34. The van der Waals surface area contributed by atoms with E-state index < -0.39 is 5.41 Å². The molecule has 0 aliphatic carbocycles. The first-order chi connectivity index (χ1) is 16.4. The summed E-state index contributed by atoms with van der Waals surface area (Å²) in [6.45, 7) is 7.20. The molecule has 0 radical (unpaired) electrons. The Morgan fingerprint density at radius 3 is 2.18 bits per heavy atom. The number of nitrogens with zero attached hydrogens (tertiary/aromatic N) is 2. The number of likely N-dealkylation sites (tertiary alicyclic amines) is 1. The molecule has 1 unspecified atom stereocenters. The van der Waals surface area contributed by atoms with Crippen LogP contribution in [0.2, 0.25) is 0 Å². The van der Waals surface area contributed by atoms with E-state index >= 15 is 0 Å². The predicted octanol–water partition coefficient (Wildman–Crippen LogP) is 7.11. The Morgan fingerprint density at radius 1 is 0.941 bits per heavy atom. The van der Waals surface area contributed by atoms with Gasteiger partial charge >= 0.3 is 0 Å². The van der Waals surface area contributed by atoms with Crippen molar-refractivity contribution in [1.82, 2.24) is 4.90 Å². The third-order valence-electron chi connectivity index (χ3n) is 7.21. The van der Waals surface area contributed by atoms with Crippen molar-refractivity contribution < 1.29 is 4.74 Å². The van der Waals surface area contributed by atoms with Crippen LogP contribution in [0.4, 0.5) is 0 Å². The van der Waals surface area contributed by atoms with Gasteiger partial charge in [0, 0.05) is 23.1 Å². The van der Waals surface area contributed by atoms with Gasteiger partial charge in [0.1, 0.15) is 5.41 Å². The van der Waals surface area contributed by atoms with Crippen molar-refractivity contribution in [3.8, 4) is 6.07 Å². The third kappa shape index (κ3) is 5.61. The highest BCUT2D eigenvalue weighted by atomic mass is 79.9. The van der Waals surface area contributed by atoms with Crippen molar-refractivity contribution in [3.63, 3.8) is 0 Å². The lowest BCUT2D eigenvalue weighted by molar-refractivity contribution is 0.0340. The minimum absolute atomic E-state index is 0.0282. The summed E-state index contributed by atoms with van der Waals surface area (Å²) >= 11 is 3.54. The fraction of sp³-hybridized carbons (Fsp3) is 0.367. The highest BCUT2D eigenvalue weighted by molar-refractivity contribution is 9.10. The number of benzene rings is 3. The molecule has 1 aliphatic rings. The summed E-state index contributed by atoms with van der Waals surface area (Å²) in [6.07, 6.45) is 2.97. The third-order valence-corrected chi connectivity index (χ3v) is 7.70. The monoisotopic (exact) mass is 516 g/mol. The summed E-state index contributed by atoms with van der Waals surface area (Å²) in [5, 5.41) is 10.5. The maximum atomic E-state index is 10.5. The Hall–Kier alpha value is -2.45. The van der Waals surface area contributed by atoms with Crippen LogP contribution in [-0.2, 0) is 16.8 Å². The van der Waals surface area contributed by atoms with E-state index in [2.05, 4.69) is 77.1 Å². The molecule has 0 bridgehead atoms. The number of hydrogen-bond donors (Lipinski definition) is 0. The Labute approximate surface area is 212 Å². The largest absolute Gasteiger partial charge is 0.372 e. The van der Waals surface area contributed by atoms with Gasteiger partial charge in [-0.15, -0.1) is 0 Å². The normalized spacial score (nSPS) is 16.9. The molecule has 0 amide bonds. The zero-order valence-corrected chi connectivity index (χ0v) is 21.7. The Balaban J connectivity index is 1.44. The fourth-order valence-corrected chi connectivity index (χ4v) is 5.44. The minimum Gasteiger partial charge on any atom is -0.372 e. The van der Waals surface area contributed by atoms with Crippen LogP contribution in [0.5, 0.6) is 0 Å². The lowest BCUT2D eigenvalue weighted by Gasteiger charge is -2.38. The topological polar surface area (TPSA) is 36.3 Å². The molecule has 0 N–H and O–H groups in total. The van der Waals surface area contributed by atoms with Crippen molar-refractivity contribution in [2.45, 2.75) is 56.8 Å². The van der Waals surface area contributed by atoms with Gasteiger partial charge in [-0.05, 0) is 61.9 Å². The molecule has 0 spiro atoms. The van der Waals surface area contributed by atoms with E-state index in [0.29, 0.717) is 6.61 Å². The summed E-state index contributed by atoms with van der Waals surface area (Å²) in [5.41, 5.74) is 2.64. The average molecular weight is 518 g/mol. The van der Waals surface area contributed by atoms with Gasteiger partial charge in [-0.2, -0.15) is 5.26 Å². The molecule has 1 fully saturated rings. The molecule has 0 aromatic heterocycles. The number of halogens is 1. The van der Waals surface area contributed by atoms with Crippen LogP contribution in [0.15, 0.2) is 89.4 Å². The predicted molar refractivity (Wildman–Crippen MR) is 141 cm³/mol. The van der Waals surface area contributed by atoms with E-state index in [9.17, 15) is 5.26 Å². The molecule has 4 rings (SSSR count). The van der Waals surface area contributed by atoms with E-state index in [0.717, 1.165) is 48.0 Å². The van der Waals surface area contributed by atoms with Crippen LogP contribution in [-0.4, -0.2) is 29.6 Å². The van der Waals surface area contributed by atoms with Crippen molar-refractivity contribution in [2.75, 3.05) is 13.1 Å². The maximum absolute atomic E-state index is 10.5. The Kier molecular flexibility index (Phi) is 7.88. The van der Waals surface area contributed by atoms with Gasteiger partial charge in [0.25, 0.3) is 0 Å². The van der Waals surface area contributed by atoms with Crippen LogP contribution < -0.4 is 0 Å². The summed E-state index contributed by atoms with van der Waals surface area (Å²) in [5.74, 6) is 0. The zero-order valence-electron chi connectivity index (χ0n) is 20.1. The highest BCUT2D eigenvalue weighted by Gasteiger charge is 2.39. The standard InChI is InChI=1S/C30H33BrN2O/c1-29(2,33-19-16-28(21-33)34-22-24-10-9-15-27(31)20-24)17-18-30(23-32,25-11-5-3-6-12-25)26-13-7-4-8-14-26/h3-15,20,28H,16-19,21-22H2,1-2H3. The second-order valence-electron chi connectivity index (χ2n) is 9.86. The smallest absolute Gasteiger partial charge is 0.107 e. The molecule has 3 aromatic rings. The van der Waals surface area contributed by atoms with E-state index in [1.54, 1.807) is 0 Å². The molecule has 34 heavy (non-hydrogen) atoms. The summed E-state index contributed by atoms with van der Waals surface area (Å²) in [6, 6.07) is 31.5. The number of nitriles is 1. The molecule has 176 valence electrons. The van der Waals surface area contributed by atoms with Gasteiger partial charge in [0.2, 0.25) is 0 Å². The maximum Gasteiger partial charge on any atom is 0.107 e. The average Bonchev–Trinajstić information content (AvgIpc) is 3.35. The molecule has 4 heteroatoms. The second kappa shape index (κ2) is 10.9. The van der Waals surface area contributed by atoms with Gasteiger partial charge in [-0.25, -0.2) is 0 Å². The van der Waals surface area contributed by atoms with Crippen LogP contribution >= 0.6 is 15.9 Å². The molecule has 3 aromatic carbocycles. The van der Waals surface area contributed by atoms with E-state index in [4.69, 9.17) is 4.74 Å². The molecule has 1 heterocycles. The quantitative estimate of drug-likeness (QED) is 0.304. The van der Waals surface area contributed by atoms with Crippen LogP contribution in [0.25, 0.3) is 0 Å². The second-order valence-corrected chi connectivity index (χ2v) is 10.8. The summed E-state index contributed by atoms with van der Waals surface area (Å²) in [4.78, 5) is 2.54. The lowest BCUT2D eigenvalue weighted by atomic mass is 9.70. The van der Waals surface area contributed by atoms with Crippen molar-refractivity contribution in [3.05, 3.63) is 106 Å².